The van der Waals surface area contributed by atoms with E-state index in [0.717, 1.165) is 25.6 Å². The summed E-state index contributed by atoms with van der Waals surface area (Å²) in [5.41, 5.74) is 0. The highest BCUT2D eigenvalue weighted by atomic mass is 35.5. The summed E-state index contributed by atoms with van der Waals surface area (Å²) in [6.45, 7) is 2.03. The number of hydrogen-bond acceptors (Lipinski definition) is 4. The van der Waals surface area contributed by atoms with Gasteiger partial charge in [-0.3, -0.25) is 0 Å². The van der Waals surface area contributed by atoms with Crippen LogP contribution in [0.25, 0.3) is 0 Å². The van der Waals surface area contributed by atoms with Gasteiger partial charge in [-0.2, -0.15) is 0 Å². The fourth-order valence-electron chi connectivity index (χ4n) is 2.64. The molecule has 0 spiro atoms. The second kappa shape index (κ2) is 7.65. The maximum Gasteiger partial charge on any atom is 0.222 e. The van der Waals surface area contributed by atoms with Gasteiger partial charge in [-0.1, -0.05) is 30.9 Å². The van der Waals surface area contributed by atoms with Crippen molar-refractivity contribution >= 4 is 17.5 Å². The lowest BCUT2D eigenvalue weighted by atomic mass is 9.94. The molecule has 0 amide bonds. The van der Waals surface area contributed by atoms with E-state index in [4.69, 9.17) is 11.6 Å². The van der Waals surface area contributed by atoms with E-state index in [0.29, 0.717) is 11.0 Å². The Morgan fingerprint density at radius 1 is 1.26 bits per heavy atom. The largest absolute Gasteiger partial charge is 0.354 e. The Hall–Kier alpha value is -0.870. The van der Waals surface area contributed by atoms with Crippen molar-refractivity contribution in [3.05, 3.63) is 17.4 Å². The maximum absolute atomic E-state index is 5.74. The minimum atomic E-state index is 0.572. The average molecular weight is 283 g/mol. The van der Waals surface area contributed by atoms with Crippen molar-refractivity contribution in [2.75, 3.05) is 25.5 Å². The average Bonchev–Trinajstić information content (AvgIpc) is 2.46. The molecule has 5 heteroatoms. The Balaban J connectivity index is 1.62. The Morgan fingerprint density at radius 3 is 2.63 bits per heavy atom. The molecule has 1 aliphatic rings. The number of halogens is 1. The summed E-state index contributed by atoms with van der Waals surface area (Å²) in [4.78, 5) is 10.7. The summed E-state index contributed by atoms with van der Waals surface area (Å²) in [7, 11) is 2.24. The number of nitrogens with one attached hydrogen (secondary N) is 1. The second-order valence-corrected chi connectivity index (χ2v) is 5.71. The van der Waals surface area contributed by atoms with Crippen LogP contribution < -0.4 is 5.32 Å². The third-order valence-electron chi connectivity index (χ3n) is 3.79. The molecule has 1 fully saturated rings. The highest BCUT2D eigenvalue weighted by molar-refractivity contribution is 6.30. The Labute approximate surface area is 120 Å². The van der Waals surface area contributed by atoms with Crippen molar-refractivity contribution in [2.45, 2.75) is 44.6 Å². The minimum absolute atomic E-state index is 0.572. The molecule has 2 rings (SSSR count). The summed E-state index contributed by atoms with van der Waals surface area (Å²) >= 11 is 5.74. The Morgan fingerprint density at radius 2 is 1.95 bits per heavy atom. The highest BCUT2D eigenvalue weighted by Crippen LogP contribution is 2.21. The van der Waals surface area contributed by atoms with Gasteiger partial charge in [0.1, 0.15) is 0 Å². The zero-order valence-electron chi connectivity index (χ0n) is 11.6. The van der Waals surface area contributed by atoms with E-state index < -0.39 is 0 Å². The second-order valence-electron chi connectivity index (χ2n) is 5.28. The van der Waals surface area contributed by atoms with Gasteiger partial charge in [0.05, 0.1) is 17.4 Å². The molecule has 1 saturated carbocycles. The van der Waals surface area contributed by atoms with Crippen LogP contribution in [0.4, 0.5) is 5.95 Å². The molecule has 1 aromatic rings. The number of aromatic nitrogens is 2. The first-order valence-electron chi connectivity index (χ1n) is 7.17. The normalized spacial score (nSPS) is 16.8. The first-order valence-corrected chi connectivity index (χ1v) is 7.55. The van der Waals surface area contributed by atoms with Gasteiger partial charge in [-0.05, 0) is 32.9 Å². The summed E-state index contributed by atoms with van der Waals surface area (Å²) < 4.78 is 0. The fourth-order valence-corrected chi connectivity index (χ4v) is 2.73. The van der Waals surface area contributed by atoms with Crippen molar-refractivity contribution in [2.24, 2.45) is 0 Å². The van der Waals surface area contributed by atoms with Gasteiger partial charge < -0.3 is 10.2 Å². The predicted octanol–water partition coefficient (Wildman–Crippen LogP) is 3.20. The van der Waals surface area contributed by atoms with Crippen LogP contribution in [0.5, 0.6) is 0 Å². The summed E-state index contributed by atoms with van der Waals surface area (Å²) in [5.74, 6) is 0.657. The molecule has 0 unspecified atom stereocenters. The third kappa shape index (κ3) is 4.96. The van der Waals surface area contributed by atoms with Gasteiger partial charge in [0.15, 0.2) is 0 Å². The number of nitrogens with zero attached hydrogens (tertiary/aromatic N) is 3. The van der Waals surface area contributed by atoms with Crippen molar-refractivity contribution in [3.8, 4) is 0 Å². The van der Waals surface area contributed by atoms with Crippen molar-refractivity contribution < 1.29 is 0 Å². The molecule has 1 aromatic heterocycles. The van der Waals surface area contributed by atoms with Crippen molar-refractivity contribution in [1.29, 1.82) is 0 Å². The first-order chi connectivity index (χ1) is 9.25. The highest BCUT2D eigenvalue weighted by Gasteiger charge is 2.17. The van der Waals surface area contributed by atoms with E-state index >= 15 is 0 Å². The van der Waals surface area contributed by atoms with E-state index in [-0.39, 0.29) is 0 Å². The Kier molecular flexibility index (Phi) is 5.86. The van der Waals surface area contributed by atoms with E-state index in [9.17, 15) is 0 Å². The van der Waals surface area contributed by atoms with Crippen LogP contribution in [0, 0.1) is 0 Å². The molecular weight excluding hydrogens is 260 g/mol. The van der Waals surface area contributed by atoms with Crippen molar-refractivity contribution in [3.63, 3.8) is 0 Å². The quantitative estimate of drug-likeness (QED) is 0.814. The molecule has 1 heterocycles. The minimum Gasteiger partial charge on any atom is -0.354 e. The standard InChI is InChI=1S/C14H23ClN4/c1-19(13-6-3-2-4-7-13)9-5-8-16-14-17-10-12(15)11-18-14/h10-11,13H,2-9H2,1H3,(H,16,17,18). The molecule has 0 saturated heterocycles. The van der Waals surface area contributed by atoms with E-state index in [1.54, 1.807) is 12.4 Å². The van der Waals surface area contributed by atoms with Gasteiger partial charge >= 0.3 is 0 Å². The van der Waals surface area contributed by atoms with Crippen LogP contribution in [0.3, 0.4) is 0 Å². The lowest BCUT2D eigenvalue weighted by molar-refractivity contribution is 0.191. The molecule has 1 N–H and O–H groups in total. The molecular formula is C14H23ClN4. The number of rotatable bonds is 6. The van der Waals surface area contributed by atoms with Gasteiger partial charge in [-0.15, -0.1) is 0 Å². The summed E-state index contributed by atoms with van der Waals surface area (Å²) in [6, 6.07) is 0.792. The lowest BCUT2D eigenvalue weighted by Gasteiger charge is -2.31. The molecule has 0 bridgehead atoms. The maximum atomic E-state index is 5.74. The third-order valence-corrected chi connectivity index (χ3v) is 3.98. The zero-order chi connectivity index (χ0) is 13.5. The molecule has 1 aliphatic carbocycles. The van der Waals surface area contributed by atoms with Crippen LogP contribution in [0.15, 0.2) is 12.4 Å². The van der Waals surface area contributed by atoms with E-state index in [1.807, 2.05) is 0 Å². The van der Waals surface area contributed by atoms with Crippen LogP contribution in [0.2, 0.25) is 5.02 Å². The molecule has 0 radical (unpaired) electrons. The smallest absolute Gasteiger partial charge is 0.222 e. The first kappa shape index (κ1) is 14.5. The number of anilines is 1. The molecule has 0 atom stereocenters. The van der Waals surface area contributed by atoms with E-state index in [2.05, 4.69) is 27.2 Å². The Bertz CT molecular complexity index is 362. The van der Waals surface area contributed by atoms with Gasteiger partial charge in [0, 0.05) is 12.6 Å². The van der Waals surface area contributed by atoms with Gasteiger partial charge in [0.2, 0.25) is 5.95 Å². The monoisotopic (exact) mass is 282 g/mol. The summed E-state index contributed by atoms with van der Waals surface area (Å²) in [6.07, 6.45) is 11.3. The molecule has 0 aromatic carbocycles. The van der Waals surface area contributed by atoms with Gasteiger partial charge in [0.25, 0.3) is 0 Å². The van der Waals surface area contributed by atoms with Crippen molar-refractivity contribution in [1.82, 2.24) is 14.9 Å². The van der Waals surface area contributed by atoms with E-state index in [1.165, 1.54) is 32.1 Å². The predicted molar refractivity (Wildman–Crippen MR) is 79.7 cm³/mol. The number of hydrogen-bond donors (Lipinski definition) is 1. The van der Waals surface area contributed by atoms with Crippen LogP contribution in [-0.4, -0.2) is 41.0 Å². The fraction of sp³-hybridized carbons (Fsp3) is 0.714. The molecule has 4 nitrogen and oxygen atoms in total. The molecule has 0 aliphatic heterocycles. The van der Waals surface area contributed by atoms with Gasteiger partial charge in [-0.25, -0.2) is 9.97 Å². The van der Waals surface area contributed by atoms with Crippen LogP contribution in [-0.2, 0) is 0 Å². The lowest BCUT2D eigenvalue weighted by Crippen LogP contribution is -2.34. The topological polar surface area (TPSA) is 41.0 Å². The SMILES string of the molecule is CN(CCCNc1ncc(Cl)cn1)C1CCCCC1. The molecule has 106 valence electrons. The summed E-state index contributed by atoms with van der Waals surface area (Å²) in [5, 5.41) is 3.79. The van der Waals surface area contributed by atoms with Crippen LogP contribution >= 0.6 is 11.6 Å². The van der Waals surface area contributed by atoms with Crippen LogP contribution in [0.1, 0.15) is 38.5 Å². The zero-order valence-corrected chi connectivity index (χ0v) is 12.4. The molecule has 19 heavy (non-hydrogen) atoms.